The number of rotatable bonds is 11. The number of nitrogens with two attached hydrogens (primary N) is 1. The van der Waals surface area contributed by atoms with Gasteiger partial charge >= 0.3 is 5.97 Å². The van der Waals surface area contributed by atoms with E-state index in [1.807, 2.05) is 58.9 Å². The molecule has 0 spiro atoms. The molecule has 0 radical (unpaired) electrons. The molecule has 2 rings (SSSR count). The van der Waals surface area contributed by atoms with Gasteiger partial charge in [-0.15, -0.1) is 0 Å². The number of unbranched alkanes of at least 4 members (excludes halogenated alkanes) is 1. The molecule has 0 unspecified atom stereocenters. The number of hydrogen-bond donors (Lipinski definition) is 1. The molecule has 35 heavy (non-hydrogen) atoms. The van der Waals surface area contributed by atoms with E-state index in [2.05, 4.69) is 13.8 Å². The molecule has 194 valence electrons. The molecule has 0 saturated heterocycles. The maximum atomic E-state index is 12.6. The summed E-state index contributed by atoms with van der Waals surface area (Å²) in [6.45, 7) is 14.1. The Labute approximate surface area is 211 Å². The van der Waals surface area contributed by atoms with Gasteiger partial charge in [-0.3, -0.25) is 4.79 Å². The molecule has 2 aromatic carbocycles. The molecular weight excluding hydrogens is 462 g/mol. The molecule has 0 aromatic heterocycles. The largest absolute Gasteiger partial charge is 0.460 e. The molecule has 0 aliphatic rings. The van der Waals surface area contributed by atoms with Crippen molar-refractivity contribution in [1.82, 2.24) is 0 Å². The zero-order valence-corrected chi connectivity index (χ0v) is 23.0. The van der Waals surface area contributed by atoms with E-state index < -0.39 is 21.0 Å². The van der Waals surface area contributed by atoms with Crippen molar-refractivity contribution in [3.63, 3.8) is 0 Å². The Kier molecular flexibility index (Phi) is 9.17. The minimum Gasteiger partial charge on any atom is -0.460 e. The van der Waals surface area contributed by atoms with Crippen molar-refractivity contribution in [2.45, 2.75) is 91.1 Å². The molecule has 2 aromatic rings. The Morgan fingerprint density at radius 3 is 1.83 bits per heavy atom. The SMILES string of the molecule is CC(C)(CCCCc1ccc(Oc2ccc(S(N)(=O)=O)cc2)cc1)CC(C)(C)C(=O)OC(C)(C)C. The number of ether oxygens (including phenoxy) is 2. The van der Waals surface area contributed by atoms with Crippen LogP contribution in [0.15, 0.2) is 53.4 Å². The van der Waals surface area contributed by atoms with Crippen LogP contribution in [0.25, 0.3) is 0 Å². The van der Waals surface area contributed by atoms with Gasteiger partial charge in [-0.1, -0.05) is 32.4 Å². The van der Waals surface area contributed by atoms with E-state index in [1.165, 1.54) is 17.7 Å². The van der Waals surface area contributed by atoms with Crippen LogP contribution in [0.2, 0.25) is 0 Å². The standard InChI is InChI=1S/C28H41NO5S/c1-26(2,3)34-25(30)28(6,7)20-27(4,5)19-9-8-10-21-11-13-22(14-12-21)33-23-15-17-24(18-16-23)35(29,31)32/h11-18H,8-10,19-20H2,1-7H3,(H2,29,31,32). The lowest BCUT2D eigenvalue weighted by molar-refractivity contribution is -0.167. The highest BCUT2D eigenvalue weighted by Gasteiger charge is 2.37. The Morgan fingerprint density at radius 1 is 0.829 bits per heavy atom. The summed E-state index contributed by atoms with van der Waals surface area (Å²) in [5, 5.41) is 5.12. The maximum Gasteiger partial charge on any atom is 0.312 e. The smallest absolute Gasteiger partial charge is 0.312 e. The highest BCUT2D eigenvalue weighted by atomic mass is 32.2. The molecule has 0 bridgehead atoms. The fourth-order valence-electron chi connectivity index (χ4n) is 4.26. The molecule has 0 aliphatic carbocycles. The third kappa shape index (κ3) is 10.0. The van der Waals surface area contributed by atoms with Crippen molar-refractivity contribution in [3.05, 3.63) is 54.1 Å². The average Bonchev–Trinajstić information content (AvgIpc) is 2.70. The number of primary sulfonamides is 1. The average molecular weight is 504 g/mol. The highest BCUT2D eigenvalue weighted by Crippen LogP contribution is 2.39. The van der Waals surface area contributed by atoms with Gasteiger partial charge in [0.1, 0.15) is 17.1 Å². The van der Waals surface area contributed by atoms with Crippen LogP contribution in [0.5, 0.6) is 11.5 Å². The van der Waals surface area contributed by atoms with Crippen molar-refractivity contribution in [2.24, 2.45) is 16.0 Å². The molecule has 0 heterocycles. The van der Waals surface area contributed by atoms with Gasteiger partial charge in [0.15, 0.2) is 0 Å². The lowest BCUT2D eigenvalue weighted by atomic mass is 9.72. The maximum absolute atomic E-state index is 12.6. The molecule has 0 fully saturated rings. The van der Waals surface area contributed by atoms with Crippen LogP contribution in [0, 0.1) is 10.8 Å². The van der Waals surface area contributed by atoms with Crippen LogP contribution in [0.1, 0.15) is 79.7 Å². The first kappa shape index (κ1) is 28.9. The zero-order chi connectivity index (χ0) is 26.5. The summed E-state index contributed by atoms with van der Waals surface area (Å²) in [6, 6.07) is 13.9. The molecule has 0 aliphatic heterocycles. The second-order valence-electron chi connectivity index (χ2n) is 11.7. The number of carbonyl (C=O) groups is 1. The van der Waals surface area contributed by atoms with Crippen molar-refractivity contribution in [2.75, 3.05) is 0 Å². The van der Waals surface area contributed by atoms with E-state index in [0.717, 1.165) is 32.1 Å². The first-order valence-corrected chi connectivity index (χ1v) is 13.6. The van der Waals surface area contributed by atoms with Crippen molar-refractivity contribution in [3.8, 4) is 11.5 Å². The van der Waals surface area contributed by atoms with Crippen LogP contribution >= 0.6 is 0 Å². The first-order valence-electron chi connectivity index (χ1n) is 12.1. The molecule has 0 saturated carbocycles. The van der Waals surface area contributed by atoms with Gasteiger partial charge < -0.3 is 9.47 Å². The zero-order valence-electron chi connectivity index (χ0n) is 22.2. The summed E-state index contributed by atoms with van der Waals surface area (Å²) in [7, 11) is -3.71. The summed E-state index contributed by atoms with van der Waals surface area (Å²) in [5.41, 5.74) is 0.272. The van der Waals surface area contributed by atoms with E-state index in [1.54, 1.807) is 12.1 Å². The summed E-state index contributed by atoms with van der Waals surface area (Å²) < 4.78 is 34.1. The lowest BCUT2D eigenvalue weighted by Crippen LogP contribution is -2.36. The number of carbonyl (C=O) groups excluding carboxylic acids is 1. The minimum absolute atomic E-state index is 0.0386. The summed E-state index contributed by atoms with van der Waals surface area (Å²) in [4.78, 5) is 12.7. The van der Waals surface area contributed by atoms with Gasteiger partial charge in [0.2, 0.25) is 10.0 Å². The van der Waals surface area contributed by atoms with Gasteiger partial charge in [0.05, 0.1) is 10.3 Å². The van der Waals surface area contributed by atoms with Crippen LogP contribution < -0.4 is 9.88 Å². The third-order valence-corrected chi connectivity index (χ3v) is 6.68. The van der Waals surface area contributed by atoms with Crippen molar-refractivity contribution in [1.29, 1.82) is 0 Å². The summed E-state index contributed by atoms with van der Waals surface area (Å²) >= 11 is 0. The Bertz CT molecular complexity index is 1080. The van der Waals surface area contributed by atoms with Gasteiger partial charge in [0.25, 0.3) is 0 Å². The molecule has 6 nitrogen and oxygen atoms in total. The number of hydrogen-bond acceptors (Lipinski definition) is 5. The molecule has 7 heteroatoms. The predicted molar refractivity (Wildman–Crippen MR) is 140 cm³/mol. The monoisotopic (exact) mass is 503 g/mol. The van der Waals surface area contributed by atoms with E-state index in [9.17, 15) is 13.2 Å². The quantitative estimate of drug-likeness (QED) is 0.274. The fourth-order valence-corrected chi connectivity index (χ4v) is 4.78. The van der Waals surface area contributed by atoms with Crippen LogP contribution in [-0.4, -0.2) is 20.0 Å². The van der Waals surface area contributed by atoms with Gasteiger partial charge in [0, 0.05) is 0 Å². The van der Waals surface area contributed by atoms with Gasteiger partial charge in [-0.2, -0.15) is 0 Å². The second kappa shape index (κ2) is 11.1. The van der Waals surface area contributed by atoms with Crippen molar-refractivity contribution >= 4 is 16.0 Å². The van der Waals surface area contributed by atoms with E-state index in [-0.39, 0.29) is 16.3 Å². The second-order valence-corrected chi connectivity index (χ2v) is 13.3. The fraction of sp³-hybridized carbons (Fsp3) is 0.536. The number of benzene rings is 2. The third-order valence-electron chi connectivity index (χ3n) is 5.75. The van der Waals surface area contributed by atoms with Gasteiger partial charge in [-0.25, -0.2) is 13.6 Å². The Hall–Kier alpha value is -2.38. The Balaban J connectivity index is 1.81. The van der Waals surface area contributed by atoms with Crippen LogP contribution in [0.4, 0.5) is 0 Å². The van der Waals surface area contributed by atoms with Crippen LogP contribution in [-0.2, 0) is 26.0 Å². The number of esters is 1. The van der Waals surface area contributed by atoms with Crippen LogP contribution in [0.3, 0.4) is 0 Å². The molecule has 0 amide bonds. The minimum atomic E-state index is -3.71. The summed E-state index contributed by atoms with van der Waals surface area (Å²) in [5.74, 6) is 1.09. The first-order chi connectivity index (χ1) is 16.0. The van der Waals surface area contributed by atoms with Gasteiger partial charge in [-0.05, 0) is 108 Å². The van der Waals surface area contributed by atoms with Crippen molar-refractivity contribution < 1.29 is 22.7 Å². The van der Waals surface area contributed by atoms with E-state index in [4.69, 9.17) is 14.6 Å². The topological polar surface area (TPSA) is 95.7 Å². The van der Waals surface area contributed by atoms with E-state index in [0.29, 0.717) is 11.5 Å². The molecule has 2 N–H and O–H groups in total. The normalized spacial score (nSPS) is 12.9. The summed E-state index contributed by atoms with van der Waals surface area (Å²) in [6.07, 6.45) is 4.92. The molecule has 0 atom stereocenters. The molecular formula is C28H41NO5S. The highest BCUT2D eigenvalue weighted by molar-refractivity contribution is 7.89. The number of sulfonamides is 1. The predicted octanol–water partition coefficient (Wildman–Crippen LogP) is 6.62. The van der Waals surface area contributed by atoms with E-state index >= 15 is 0 Å². The Morgan fingerprint density at radius 2 is 1.34 bits per heavy atom. The number of aryl methyl sites for hydroxylation is 1. The lowest BCUT2D eigenvalue weighted by Gasteiger charge is -2.35.